The van der Waals surface area contributed by atoms with Crippen LogP contribution < -0.4 is 5.73 Å². The number of ether oxygens (including phenoxy) is 1. The van der Waals surface area contributed by atoms with E-state index >= 15 is 0 Å². The Hall–Kier alpha value is -0.610. The number of methoxy groups -OCH3 is 1. The zero-order chi connectivity index (χ0) is 13.5. The van der Waals surface area contributed by atoms with E-state index in [2.05, 4.69) is 13.8 Å². The molecule has 0 radical (unpaired) electrons. The van der Waals surface area contributed by atoms with Crippen molar-refractivity contribution < 1.29 is 9.53 Å². The molecule has 1 amide bonds. The summed E-state index contributed by atoms with van der Waals surface area (Å²) < 4.78 is 5.20. The van der Waals surface area contributed by atoms with Gasteiger partial charge in [0.05, 0.1) is 12.5 Å². The van der Waals surface area contributed by atoms with Gasteiger partial charge in [-0.25, -0.2) is 0 Å². The minimum atomic E-state index is -0.00806. The number of nitrogens with zero attached hydrogens (tertiary/aromatic N) is 1. The Kier molecular flexibility index (Phi) is 6.65. The number of likely N-dealkylation sites (tertiary alicyclic amines) is 1. The van der Waals surface area contributed by atoms with Crippen molar-refractivity contribution in [1.82, 2.24) is 4.90 Å². The number of rotatable bonds is 6. The van der Waals surface area contributed by atoms with Crippen molar-refractivity contribution in [2.24, 2.45) is 23.5 Å². The van der Waals surface area contributed by atoms with Crippen molar-refractivity contribution in [1.29, 1.82) is 0 Å². The molecule has 0 saturated carbocycles. The molecule has 1 aliphatic rings. The first-order valence-electron chi connectivity index (χ1n) is 7.06. The van der Waals surface area contributed by atoms with Crippen LogP contribution in [0.4, 0.5) is 0 Å². The van der Waals surface area contributed by atoms with Crippen LogP contribution in [0.1, 0.15) is 33.1 Å². The van der Waals surface area contributed by atoms with Crippen molar-refractivity contribution in [2.45, 2.75) is 33.1 Å². The average molecular weight is 256 g/mol. The van der Waals surface area contributed by atoms with E-state index in [0.717, 1.165) is 39.0 Å². The lowest BCUT2D eigenvalue weighted by Crippen LogP contribution is -2.45. The molecule has 0 aliphatic carbocycles. The van der Waals surface area contributed by atoms with Gasteiger partial charge in [0.15, 0.2) is 0 Å². The highest BCUT2D eigenvalue weighted by atomic mass is 16.5. The lowest BCUT2D eigenvalue weighted by molar-refractivity contribution is -0.138. The van der Waals surface area contributed by atoms with Crippen LogP contribution in [-0.2, 0) is 9.53 Å². The van der Waals surface area contributed by atoms with Crippen LogP contribution in [0.25, 0.3) is 0 Å². The molecule has 2 atom stereocenters. The fourth-order valence-corrected chi connectivity index (χ4v) is 2.76. The first-order chi connectivity index (χ1) is 8.58. The van der Waals surface area contributed by atoms with Crippen LogP contribution >= 0.6 is 0 Å². The molecule has 0 aromatic heterocycles. The van der Waals surface area contributed by atoms with Gasteiger partial charge in [-0.05, 0) is 31.1 Å². The minimum Gasteiger partial charge on any atom is -0.384 e. The molecule has 1 heterocycles. The first-order valence-corrected chi connectivity index (χ1v) is 7.06. The van der Waals surface area contributed by atoms with Gasteiger partial charge >= 0.3 is 0 Å². The molecule has 2 unspecified atom stereocenters. The van der Waals surface area contributed by atoms with E-state index in [9.17, 15) is 4.79 Å². The van der Waals surface area contributed by atoms with E-state index in [1.165, 1.54) is 0 Å². The third-order valence-corrected chi connectivity index (χ3v) is 3.62. The molecule has 1 saturated heterocycles. The van der Waals surface area contributed by atoms with E-state index in [-0.39, 0.29) is 11.8 Å². The number of carbonyl (C=O) groups is 1. The molecule has 1 aliphatic heterocycles. The lowest BCUT2D eigenvalue weighted by Gasteiger charge is -2.35. The summed E-state index contributed by atoms with van der Waals surface area (Å²) in [5, 5.41) is 0. The molecule has 0 bridgehead atoms. The second-order valence-corrected chi connectivity index (χ2v) is 5.81. The van der Waals surface area contributed by atoms with E-state index in [1.807, 2.05) is 4.90 Å². The van der Waals surface area contributed by atoms with Gasteiger partial charge in [-0.15, -0.1) is 0 Å². The predicted molar refractivity (Wildman–Crippen MR) is 73.2 cm³/mol. The van der Waals surface area contributed by atoms with Crippen LogP contribution in [0.2, 0.25) is 0 Å². The summed E-state index contributed by atoms with van der Waals surface area (Å²) >= 11 is 0. The van der Waals surface area contributed by atoms with Crippen LogP contribution in [0, 0.1) is 17.8 Å². The van der Waals surface area contributed by atoms with E-state index in [4.69, 9.17) is 10.5 Å². The van der Waals surface area contributed by atoms with E-state index in [0.29, 0.717) is 18.4 Å². The highest BCUT2D eigenvalue weighted by molar-refractivity contribution is 5.79. The normalized spacial score (nSPS) is 22.3. The van der Waals surface area contributed by atoms with Gasteiger partial charge in [-0.2, -0.15) is 0 Å². The standard InChI is InChI=1S/C14H28N2O2/c1-11(2)7-13(8-15)14(17)16-6-4-5-12(9-16)10-18-3/h11-13H,4-10,15H2,1-3H3. The maximum Gasteiger partial charge on any atom is 0.226 e. The van der Waals surface area contributed by atoms with E-state index in [1.54, 1.807) is 7.11 Å². The number of nitrogens with two attached hydrogens (primary N) is 1. The largest absolute Gasteiger partial charge is 0.384 e. The van der Waals surface area contributed by atoms with Crippen molar-refractivity contribution in [3.8, 4) is 0 Å². The zero-order valence-corrected chi connectivity index (χ0v) is 12.0. The van der Waals surface area contributed by atoms with Crippen molar-refractivity contribution in [2.75, 3.05) is 33.4 Å². The summed E-state index contributed by atoms with van der Waals surface area (Å²) in [6.45, 7) is 7.21. The summed E-state index contributed by atoms with van der Waals surface area (Å²) in [5.41, 5.74) is 5.75. The number of hydrogen-bond donors (Lipinski definition) is 1. The Balaban J connectivity index is 2.53. The second kappa shape index (κ2) is 7.74. The second-order valence-electron chi connectivity index (χ2n) is 5.81. The van der Waals surface area contributed by atoms with Gasteiger partial charge in [-0.3, -0.25) is 4.79 Å². The quantitative estimate of drug-likeness (QED) is 0.783. The van der Waals surface area contributed by atoms with Gasteiger partial charge in [0.25, 0.3) is 0 Å². The van der Waals surface area contributed by atoms with Gasteiger partial charge in [0.1, 0.15) is 0 Å². The van der Waals surface area contributed by atoms with E-state index < -0.39 is 0 Å². The number of hydrogen-bond acceptors (Lipinski definition) is 3. The molecule has 1 rings (SSSR count). The maximum absolute atomic E-state index is 12.4. The highest BCUT2D eigenvalue weighted by Crippen LogP contribution is 2.20. The van der Waals surface area contributed by atoms with Gasteiger partial charge in [0.2, 0.25) is 5.91 Å². The number of amides is 1. The van der Waals surface area contributed by atoms with Crippen molar-refractivity contribution in [3.63, 3.8) is 0 Å². The Labute approximate surface area is 111 Å². The van der Waals surface area contributed by atoms with Gasteiger partial charge in [0, 0.05) is 26.7 Å². The van der Waals surface area contributed by atoms with Crippen molar-refractivity contribution >= 4 is 5.91 Å². The molecule has 0 aromatic carbocycles. The molecule has 2 N–H and O–H groups in total. The average Bonchev–Trinajstić information content (AvgIpc) is 2.35. The monoisotopic (exact) mass is 256 g/mol. The highest BCUT2D eigenvalue weighted by Gasteiger charge is 2.28. The van der Waals surface area contributed by atoms with Gasteiger partial charge < -0.3 is 15.4 Å². The summed E-state index contributed by atoms with van der Waals surface area (Å²) in [5.74, 6) is 1.24. The Morgan fingerprint density at radius 1 is 1.50 bits per heavy atom. The predicted octanol–water partition coefficient (Wildman–Crippen LogP) is 1.49. The Bertz CT molecular complexity index is 254. The smallest absolute Gasteiger partial charge is 0.226 e. The molecule has 106 valence electrons. The Morgan fingerprint density at radius 3 is 2.78 bits per heavy atom. The first kappa shape index (κ1) is 15.4. The summed E-state index contributed by atoms with van der Waals surface area (Å²) in [4.78, 5) is 14.4. The zero-order valence-electron chi connectivity index (χ0n) is 12.0. The van der Waals surface area contributed by atoms with Crippen LogP contribution in [-0.4, -0.2) is 44.2 Å². The van der Waals surface area contributed by atoms with Crippen LogP contribution in [0.15, 0.2) is 0 Å². The summed E-state index contributed by atoms with van der Waals surface area (Å²) in [7, 11) is 1.72. The molecule has 4 nitrogen and oxygen atoms in total. The SMILES string of the molecule is COCC1CCCN(C(=O)C(CN)CC(C)C)C1. The number of carbonyl (C=O) groups excluding carboxylic acids is 1. The molecule has 18 heavy (non-hydrogen) atoms. The minimum absolute atomic E-state index is 0.00806. The fraction of sp³-hybridized carbons (Fsp3) is 0.929. The van der Waals surface area contributed by atoms with Crippen LogP contribution in [0.3, 0.4) is 0 Å². The van der Waals surface area contributed by atoms with Crippen LogP contribution in [0.5, 0.6) is 0 Å². The summed E-state index contributed by atoms with van der Waals surface area (Å²) in [6, 6.07) is 0. The molecular formula is C14H28N2O2. The maximum atomic E-state index is 12.4. The lowest BCUT2D eigenvalue weighted by atomic mass is 9.93. The number of piperidine rings is 1. The molecule has 0 aromatic rings. The van der Waals surface area contributed by atoms with Crippen molar-refractivity contribution in [3.05, 3.63) is 0 Å². The molecule has 1 fully saturated rings. The third-order valence-electron chi connectivity index (χ3n) is 3.62. The summed E-state index contributed by atoms with van der Waals surface area (Å²) in [6.07, 6.45) is 3.13. The molecular weight excluding hydrogens is 228 g/mol. The molecule has 0 spiro atoms. The topological polar surface area (TPSA) is 55.6 Å². The van der Waals surface area contributed by atoms with Gasteiger partial charge in [-0.1, -0.05) is 13.8 Å². The Morgan fingerprint density at radius 2 is 2.22 bits per heavy atom. The third kappa shape index (κ3) is 4.58. The molecule has 4 heteroatoms. The fourth-order valence-electron chi connectivity index (χ4n) is 2.76.